The second-order valence-corrected chi connectivity index (χ2v) is 5.13. The summed E-state index contributed by atoms with van der Waals surface area (Å²) in [6, 6.07) is 8.57. The normalized spacial score (nSPS) is 24.3. The van der Waals surface area contributed by atoms with E-state index in [2.05, 4.69) is 21.4 Å². The van der Waals surface area contributed by atoms with E-state index in [0.29, 0.717) is 12.0 Å². The zero-order valence-electron chi connectivity index (χ0n) is 10.5. The molecule has 18 heavy (non-hydrogen) atoms. The highest BCUT2D eigenvalue weighted by atomic mass is 15.1. The summed E-state index contributed by atoms with van der Waals surface area (Å²) < 4.78 is 0. The van der Waals surface area contributed by atoms with E-state index in [1.807, 2.05) is 18.2 Å². The Morgan fingerprint density at radius 1 is 1.28 bits per heavy atom. The minimum Gasteiger partial charge on any atom is -0.353 e. The lowest BCUT2D eigenvalue weighted by Crippen LogP contribution is -2.37. The van der Waals surface area contributed by atoms with Crippen LogP contribution in [0.2, 0.25) is 0 Å². The minimum atomic E-state index is 0.462. The average Bonchev–Trinajstić information content (AvgIpc) is 2.81. The van der Waals surface area contributed by atoms with E-state index in [4.69, 9.17) is 5.73 Å². The molecule has 1 saturated carbocycles. The Kier molecular flexibility index (Phi) is 3.19. The maximum atomic E-state index is 5.85. The summed E-state index contributed by atoms with van der Waals surface area (Å²) in [5.41, 5.74) is 7.95. The van der Waals surface area contributed by atoms with Gasteiger partial charge in [-0.25, -0.2) is 4.98 Å². The monoisotopic (exact) mass is 244 g/mol. The molecule has 3 rings (SSSR count). The first-order chi connectivity index (χ1) is 8.86. The zero-order valence-corrected chi connectivity index (χ0v) is 10.5. The maximum Gasteiger partial charge on any atom is 0.201 e. The summed E-state index contributed by atoms with van der Waals surface area (Å²) >= 11 is 0. The first-order valence-corrected chi connectivity index (χ1v) is 6.78. The number of H-pyrrole nitrogens is 1. The molecule has 1 heterocycles. The van der Waals surface area contributed by atoms with E-state index in [1.165, 1.54) is 25.7 Å². The van der Waals surface area contributed by atoms with Gasteiger partial charge in [-0.15, -0.1) is 0 Å². The van der Waals surface area contributed by atoms with Crippen LogP contribution >= 0.6 is 0 Å². The fraction of sp³-hybridized carbons (Fsp3) is 0.500. The van der Waals surface area contributed by atoms with Gasteiger partial charge in [0.15, 0.2) is 0 Å². The smallest absolute Gasteiger partial charge is 0.201 e. The molecule has 4 nitrogen and oxygen atoms in total. The average molecular weight is 244 g/mol. The van der Waals surface area contributed by atoms with Crippen molar-refractivity contribution in [2.45, 2.75) is 31.7 Å². The predicted molar refractivity (Wildman–Crippen MR) is 74.5 cm³/mol. The molecule has 4 heteroatoms. The summed E-state index contributed by atoms with van der Waals surface area (Å²) in [5, 5.41) is 3.52. The van der Waals surface area contributed by atoms with Gasteiger partial charge in [0.05, 0.1) is 11.0 Å². The molecule has 0 amide bonds. The highest BCUT2D eigenvalue weighted by molar-refractivity contribution is 5.77. The lowest BCUT2D eigenvalue weighted by atomic mass is 9.84. The molecule has 1 aromatic heterocycles. The number of aromatic amines is 1. The van der Waals surface area contributed by atoms with Crippen molar-refractivity contribution in [1.29, 1.82) is 0 Å². The number of nitrogens with zero attached hydrogens (tertiary/aromatic N) is 1. The van der Waals surface area contributed by atoms with Crippen molar-refractivity contribution in [3.05, 3.63) is 24.3 Å². The number of nitrogens with one attached hydrogen (secondary N) is 2. The van der Waals surface area contributed by atoms with E-state index >= 15 is 0 Å². The summed E-state index contributed by atoms with van der Waals surface area (Å²) in [6.45, 7) is 0.762. The summed E-state index contributed by atoms with van der Waals surface area (Å²) in [5.74, 6) is 1.45. The number of hydrogen-bond acceptors (Lipinski definition) is 3. The number of imidazole rings is 1. The molecule has 1 fully saturated rings. The third kappa shape index (κ3) is 2.20. The van der Waals surface area contributed by atoms with Crippen LogP contribution in [0.1, 0.15) is 25.7 Å². The molecule has 0 aliphatic heterocycles. The largest absolute Gasteiger partial charge is 0.353 e. The Hall–Kier alpha value is -1.55. The molecular formula is C14H20N4. The van der Waals surface area contributed by atoms with Crippen molar-refractivity contribution < 1.29 is 0 Å². The second-order valence-electron chi connectivity index (χ2n) is 5.13. The van der Waals surface area contributed by atoms with Gasteiger partial charge < -0.3 is 16.0 Å². The first kappa shape index (κ1) is 11.5. The molecule has 1 aromatic carbocycles. The van der Waals surface area contributed by atoms with Gasteiger partial charge in [-0.2, -0.15) is 0 Å². The van der Waals surface area contributed by atoms with E-state index in [-0.39, 0.29) is 0 Å². The van der Waals surface area contributed by atoms with Crippen LogP contribution in [0.5, 0.6) is 0 Å². The van der Waals surface area contributed by atoms with Crippen LogP contribution < -0.4 is 11.1 Å². The van der Waals surface area contributed by atoms with Crippen molar-refractivity contribution in [2.24, 2.45) is 11.7 Å². The van der Waals surface area contributed by atoms with Gasteiger partial charge in [-0.3, -0.25) is 0 Å². The van der Waals surface area contributed by atoms with Gasteiger partial charge in [0.25, 0.3) is 0 Å². The van der Waals surface area contributed by atoms with Gasteiger partial charge in [0.2, 0.25) is 5.95 Å². The van der Waals surface area contributed by atoms with E-state index in [0.717, 1.165) is 23.5 Å². The SMILES string of the molecule is NCC1CCCCC1Nc1nc2ccccc2[nH]1. The molecule has 1 aliphatic carbocycles. The number of nitrogens with two attached hydrogens (primary N) is 1. The van der Waals surface area contributed by atoms with Crippen LogP contribution in [0.15, 0.2) is 24.3 Å². The molecule has 4 N–H and O–H groups in total. The van der Waals surface area contributed by atoms with Crippen molar-refractivity contribution in [1.82, 2.24) is 9.97 Å². The fourth-order valence-corrected chi connectivity index (χ4v) is 2.88. The molecule has 0 spiro atoms. The van der Waals surface area contributed by atoms with Gasteiger partial charge >= 0.3 is 0 Å². The predicted octanol–water partition coefficient (Wildman–Crippen LogP) is 2.49. The van der Waals surface area contributed by atoms with E-state index in [1.54, 1.807) is 0 Å². The molecule has 0 radical (unpaired) electrons. The lowest BCUT2D eigenvalue weighted by molar-refractivity contribution is 0.331. The molecule has 96 valence electrons. The van der Waals surface area contributed by atoms with E-state index in [9.17, 15) is 0 Å². The van der Waals surface area contributed by atoms with Crippen LogP contribution in [0.4, 0.5) is 5.95 Å². The molecule has 2 atom stereocenters. The molecule has 0 saturated heterocycles. The summed E-state index contributed by atoms with van der Waals surface area (Å²) in [4.78, 5) is 7.89. The highest BCUT2D eigenvalue weighted by Crippen LogP contribution is 2.26. The van der Waals surface area contributed by atoms with Crippen LogP contribution in [-0.2, 0) is 0 Å². The molecule has 2 aromatic rings. The number of aromatic nitrogens is 2. The topological polar surface area (TPSA) is 66.7 Å². The van der Waals surface area contributed by atoms with Crippen LogP contribution in [0.25, 0.3) is 11.0 Å². The number of rotatable bonds is 3. The number of anilines is 1. The lowest BCUT2D eigenvalue weighted by Gasteiger charge is -2.31. The third-order valence-corrected chi connectivity index (χ3v) is 3.92. The number of benzene rings is 1. The van der Waals surface area contributed by atoms with Crippen LogP contribution in [0, 0.1) is 5.92 Å². The number of para-hydroxylation sites is 2. The van der Waals surface area contributed by atoms with Gasteiger partial charge in [0.1, 0.15) is 0 Å². The fourth-order valence-electron chi connectivity index (χ4n) is 2.88. The standard InChI is InChI=1S/C14H20N4/c15-9-10-5-1-2-6-11(10)16-14-17-12-7-3-4-8-13(12)18-14/h3-4,7-8,10-11H,1-2,5-6,9,15H2,(H2,16,17,18). The zero-order chi connectivity index (χ0) is 12.4. The number of hydrogen-bond donors (Lipinski definition) is 3. The number of fused-ring (bicyclic) bond motifs is 1. The summed E-state index contributed by atoms with van der Waals surface area (Å²) in [6.07, 6.45) is 5.02. The Morgan fingerprint density at radius 2 is 2.11 bits per heavy atom. The summed E-state index contributed by atoms with van der Waals surface area (Å²) in [7, 11) is 0. The minimum absolute atomic E-state index is 0.462. The van der Waals surface area contributed by atoms with Gasteiger partial charge in [0, 0.05) is 6.04 Å². The van der Waals surface area contributed by atoms with Crippen LogP contribution in [0.3, 0.4) is 0 Å². The Labute approximate surface area is 107 Å². The van der Waals surface area contributed by atoms with Crippen molar-refractivity contribution in [3.63, 3.8) is 0 Å². The molecule has 0 bridgehead atoms. The van der Waals surface area contributed by atoms with Crippen molar-refractivity contribution in [3.8, 4) is 0 Å². The van der Waals surface area contributed by atoms with Crippen molar-refractivity contribution >= 4 is 17.0 Å². The Morgan fingerprint density at radius 3 is 2.94 bits per heavy atom. The van der Waals surface area contributed by atoms with Crippen molar-refractivity contribution in [2.75, 3.05) is 11.9 Å². The van der Waals surface area contributed by atoms with Gasteiger partial charge in [-0.05, 0) is 37.4 Å². The van der Waals surface area contributed by atoms with E-state index < -0.39 is 0 Å². The molecule has 2 unspecified atom stereocenters. The Balaban J connectivity index is 1.78. The third-order valence-electron chi connectivity index (χ3n) is 3.92. The van der Waals surface area contributed by atoms with Crippen LogP contribution in [-0.4, -0.2) is 22.6 Å². The maximum absolute atomic E-state index is 5.85. The van der Waals surface area contributed by atoms with Gasteiger partial charge in [-0.1, -0.05) is 25.0 Å². The quantitative estimate of drug-likeness (QED) is 0.777. The molecule has 1 aliphatic rings. The Bertz CT molecular complexity index is 486. The highest BCUT2D eigenvalue weighted by Gasteiger charge is 2.24. The first-order valence-electron chi connectivity index (χ1n) is 6.78. The second kappa shape index (κ2) is 4.98. The molecular weight excluding hydrogens is 224 g/mol.